The molecule has 0 saturated carbocycles. The number of aliphatic hydroxyl groups excluding tert-OH is 1. The van der Waals surface area contributed by atoms with Gasteiger partial charge in [-0.1, -0.05) is 30.3 Å². The summed E-state index contributed by atoms with van der Waals surface area (Å²) in [5.41, 5.74) is 2.49. The molecule has 0 atom stereocenters. The normalized spacial score (nSPS) is 10.4. The molecule has 0 unspecified atom stereocenters. The number of hydrogen-bond donors (Lipinski definition) is 1. The summed E-state index contributed by atoms with van der Waals surface area (Å²) >= 11 is 1.71. The number of benzene rings is 1. The highest BCUT2D eigenvalue weighted by atomic mass is 32.1. The second-order valence-electron chi connectivity index (χ2n) is 3.14. The van der Waals surface area contributed by atoms with Crippen LogP contribution in [0.15, 0.2) is 41.8 Å². The van der Waals surface area contributed by atoms with Crippen molar-refractivity contribution in [1.29, 1.82) is 0 Å². The standard InChI is InChI=1S/C12H12OS/c13-7-6-12-8-11(9-14-12)10-4-2-1-3-5-10/h1-5,8-9,13H,6-7H2. The Kier molecular flexibility index (Phi) is 2.96. The lowest BCUT2D eigenvalue weighted by molar-refractivity contribution is 0.300. The molecule has 2 rings (SSSR count). The largest absolute Gasteiger partial charge is 0.396 e. The molecular weight excluding hydrogens is 192 g/mol. The van der Waals surface area contributed by atoms with Crippen molar-refractivity contribution >= 4 is 11.3 Å². The van der Waals surface area contributed by atoms with Gasteiger partial charge in [0.05, 0.1) is 0 Å². The summed E-state index contributed by atoms with van der Waals surface area (Å²) in [4.78, 5) is 1.24. The third kappa shape index (κ3) is 2.03. The summed E-state index contributed by atoms with van der Waals surface area (Å²) in [5, 5.41) is 10.9. The lowest BCUT2D eigenvalue weighted by atomic mass is 10.1. The van der Waals surface area contributed by atoms with Gasteiger partial charge in [0.2, 0.25) is 0 Å². The first-order chi connectivity index (χ1) is 6.90. The van der Waals surface area contributed by atoms with Crippen molar-refractivity contribution < 1.29 is 5.11 Å². The van der Waals surface area contributed by atoms with Crippen LogP contribution in [0.3, 0.4) is 0 Å². The van der Waals surface area contributed by atoms with E-state index in [1.165, 1.54) is 16.0 Å². The first kappa shape index (κ1) is 9.44. The molecule has 72 valence electrons. The van der Waals surface area contributed by atoms with Gasteiger partial charge in [0.15, 0.2) is 0 Å². The molecule has 1 N–H and O–H groups in total. The van der Waals surface area contributed by atoms with E-state index in [0.717, 1.165) is 6.42 Å². The summed E-state index contributed by atoms with van der Waals surface area (Å²) in [5.74, 6) is 0. The van der Waals surface area contributed by atoms with Crippen LogP contribution in [0, 0.1) is 0 Å². The van der Waals surface area contributed by atoms with Crippen LogP contribution in [0.1, 0.15) is 4.88 Å². The molecule has 0 saturated heterocycles. The van der Waals surface area contributed by atoms with Gasteiger partial charge in [0, 0.05) is 17.9 Å². The fourth-order valence-corrected chi connectivity index (χ4v) is 2.29. The molecule has 0 bridgehead atoms. The lowest BCUT2D eigenvalue weighted by Crippen LogP contribution is -1.84. The van der Waals surface area contributed by atoms with Gasteiger partial charge in [-0.15, -0.1) is 11.3 Å². The van der Waals surface area contributed by atoms with E-state index in [1.54, 1.807) is 11.3 Å². The Bertz CT molecular complexity index is 392. The highest BCUT2D eigenvalue weighted by Gasteiger charge is 2.00. The third-order valence-corrected chi connectivity index (χ3v) is 3.12. The molecule has 1 aromatic heterocycles. The second-order valence-corrected chi connectivity index (χ2v) is 4.14. The zero-order valence-corrected chi connectivity index (χ0v) is 8.63. The molecule has 0 amide bonds. The Balaban J connectivity index is 2.25. The van der Waals surface area contributed by atoms with E-state index in [9.17, 15) is 0 Å². The maximum absolute atomic E-state index is 8.81. The van der Waals surface area contributed by atoms with Crippen LogP contribution >= 0.6 is 11.3 Å². The summed E-state index contributed by atoms with van der Waals surface area (Å²) in [6.45, 7) is 0.231. The Labute approximate surface area is 87.7 Å². The minimum atomic E-state index is 0.231. The fourth-order valence-electron chi connectivity index (χ4n) is 1.40. The van der Waals surface area contributed by atoms with Crippen molar-refractivity contribution in [2.75, 3.05) is 6.61 Å². The van der Waals surface area contributed by atoms with Crippen LogP contribution in [0.5, 0.6) is 0 Å². The summed E-state index contributed by atoms with van der Waals surface area (Å²) < 4.78 is 0. The van der Waals surface area contributed by atoms with Gasteiger partial charge < -0.3 is 5.11 Å². The number of rotatable bonds is 3. The second kappa shape index (κ2) is 4.40. The van der Waals surface area contributed by atoms with Crippen LogP contribution < -0.4 is 0 Å². The van der Waals surface area contributed by atoms with Crippen molar-refractivity contribution in [3.05, 3.63) is 46.7 Å². The van der Waals surface area contributed by atoms with Crippen molar-refractivity contribution in [3.63, 3.8) is 0 Å². The van der Waals surface area contributed by atoms with Crippen LogP contribution in [0.25, 0.3) is 11.1 Å². The van der Waals surface area contributed by atoms with Gasteiger partial charge in [-0.05, 0) is 22.6 Å². The summed E-state index contributed by atoms with van der Waals surface area (Å²) in [6.07, 6.45) is 0.761. The molecule has 14 heavy (non-hydrogen) atoms. The van der Waals surface area contributed by atoms with Gasteiger partial charge in [-0.3, -0.25) is 0 Å². The van der Waals surface area contributed by atoms with E-state index >= 15 is 0 Å². The number of hydrogen-bond acceptors (Lipinski definition) is 2. The predicted molar refractivity (Wildman–Crippen MR) is 60.5 cm³/mol. The summed E-state index contributed by atoms with van der Waals surface area (Å²) in [7, 11) is 0. The van der Waals surface area contributed by atoms with Crippen molar-refractivity contribution in [2.24, 2.45) is 0 Å². The Morgan fingerprint density at radius 1 is 1.07 bits per heavy atom. The highest BCUT2D eigenvalue weighted by molar-refractivity contribution is 7.10. The molecule has 1 nitrogen and oxygen atoms in total. The fraction of sp³-hybridized carbons (Fsp3) is 0.167. The van der Waals surface area contributed by atoms with Crippen LogP contribution in [-0.4, -0.2) is 11.7 Å². The smallest absolute Gasteiger partial charge is 0.0479 e. The van der Waals surface area contributed by atoms with Crippen molar-refractivity contribution in [3.8, 4) is 11.1 Å². The topological polar surface area (TPSA) is 20.2 Å². The van der Waals surface area contributed by atoms with Crippen LogP contribution in [0.4, 0.5) is 0 Å². The van der Waals surface area contributed by atoms with Crippen LogP contribution in [-0.2, 0) is 6.42 Å². The average molecular weight is 204 g/mol. The minimum absolute atomic E-state index is 0.231. The van der Waals surface area contributed by atoms with E-state index < -0.39 is 0 Å². The highest BCUT2D eigenvalue weighted by Crippen LogP contribution is 2.25. The maximum atomic E-state index is 8.81. The SMILES string of the molecule is OCCc1cc(-c2ccccc2)cs1. The van der Waals surface area contributed by atoms with E-state index in [0.29, 0.717) is 0 Å². The Hall–Kier alpha value is -1.12. The zero-order valence-electron chi connectivity index (χ0n) is 7.81. The predicted octanol–water partition coefficient (Wildman–Crippen LogP) is 2.95. The van der Waals surface area contributed by atoms with Crippen molar-refractivity contribution in [2.45, 2.75) is 6.42 Å². The number of aliphatic hydroxyl groups is 1. The van der Waals surface area contributed by atoms with E-state index in [1.807, 2.05) is 18.2 Å². The maximum Gasteiger partial charge on any atom is 0.0479 e. The van der Waals surface area contributed by atoms with Crippen molar-refractivity contribution in [1.82, 2.24) is 0 Å². The Morgan fingerprint density at radius 3 is 2.57 bits per heavy atom. The van der Waals surface area contributed by atoms with Gasteiger partial charge in [0.1, 0.15) is 0 Å². The average Bonchev–Trinajstić information content (AvgIpc) is 2.68. The van der Waals surface area contributed by atoms with Gasteiger partial charge >= 0.3 is 0 Å². The third-order valence-electron chi connectivity index (χ3n) is 2.12. The minimum Gasteiger partial charge on any atom is -0.396 e. The van der Waals surface area contributed by atoms with Gasteiger partial charge in [-0.25, -0.2) is 0 Å². The zero-order chi connectivity index (χ0) is 9.80. The quantitative estimate of drug-likeness (QED) is 0.815. The molecule has 2 heteroatoms. The molecule has 0 radical (unpaired) electrons. The van der Waals surface area contributed by atoms with E-state index in [4.69, 9.17) is 5.11 Å². The molecule has 0 fully saturated rings. The molecule has 2 aromatic rings. The lowest BCUT2D eigenvalue weighted by Gasteiger charge is -1.94. The molecule has 1 aromatic carbocycles. The molecule has 0 aliphatic heterocycles. The first-order valence-electron chi connectivity index (χ1n) is 4.64. The molecule has 0 aliphatic carbocycles. The monoisotopic (exact) mass is 204 g/mol. The number of thiophene rings is 1. The Morgan fingerprint density at radius 2 is 1.86 bits per heavy atom. The van der Waals surface area contributed by atoms with Gasteiger partial charge in [0.25, 0.3) is 0 Å². The molecule has 1 heterocycles. The van der Waals surface area contributed by atoms with Gasteiger partial charge in [-0.2, -0.15) is 0 Å². The van der Waals surface area contributed by atoms with E-state index in [-0.39, 0.29) is 6.61 Å². The van der Waals surface area contributed by atoms with E-state index in [2.05, 4.69) is 23.6 Å². The first-order valence-corrected chi connectivity index (χ1v) is 5.52. The summed E-state index contributed by atoms with van der Waals surface area (Å²) in [6, 6.07) is 12.5. The molecule has 0 aliphatic rings. The molecule has 0 spiro atoms. The van der Waals surface area contributed by atoms with Crippen LogP contribution in [0.2, 0.25) is 0 Å². The molecular formula is C12H12OS.